The largest absolute Gasteiger partial charge is 0.368 e. The van der Waals surface area contributed by atoms with Gasteiger partial charge in [-0.3, -0.25) is 4.79 Å². The van der Waals surface area contributed by atoms with Crippen molar-refractivity contribution < 1.29 is 9.53 Å². The van der Waals surface area contributed by atoms with Gasteiger partial charge in [0.1, 0.15) is 11.9 Å². The van der Waals surface area contributed by atoms with Crippen molar-refractivity contribution in [1.29, 1.82) is 0 Å². The second-order valence-corrected chi connectivity index (χ2v) is 4.64. The number of hydrogen-bond donors (Lipinski definition) is 1. The molecule has 1 aromatic rings. The molecule has 98 valence electrons. The van der Waals surface area contributed by atoms with E-state index in [0.717, 1.165) is 24.2 Å². The predicted molar refractivity (Wildman–Crippen MR) is 69.4 cm³/mol. The summed E-state index contributed by atoms with van der Waals surface area (Å²) in [4.78, 5) is 18.0. The first-order chi connectivity index (χ1) is 8.66. The lowest BCUT2D eigenvalue weighted by molar-refractivity contribution is -0.130. The van der Waals surface area contributed by atoms with Crippen LogP contribution in [0, 0.1) is 0 Å². The topological polar surface area (TPSA) is 54.5 Å². The van der Waals surface area contributed by atoms with E-state index in [4.69, 9.17) is 4.74 Å². The fraction of sp³-hybridized carbons (Fsp3) is 0.538. The van der Waals surface area contributed by atoms with Crippen LogP contribution in [-0.4, -0.2) is 37.7 Å². The molecule has 0 bridgehead atoms. The summed E-state index contributed by atoms with van der Waals surface area (Å²) in [6, 6.07) is 3.91. The van der Waals surface area contributed by atoms with Gasteiger partial charge in [0.05, 0.1) is 0 Å². The Morgan fingerprint density at radius 2 is 2.39 bits per heavy atom. The molecule has 2 heterocycles. The molecule has 5 nitrogen and oxygen atoms in total. The lowest BCUT2D eigenvalue weighted by atomic mass is 10.2. The predicted octanol–water partition coefficient (Wildman–Crippen LogP) is 0.943. The molecule has 0 unspecified atom stereocenters. The molecule has 1 aliphatic heterocycles. The highest BCUT2D eigenvalue weighted by molar-refractivity contribution is 5.80. The van der Waals surface area contributed by atoms with E-state index in [9.17, 15) is 4.79 Å². The van der Waals surface area contributed by atoms with Crippen LogP contribution in [0.4, 0.5) is 5.82 Å². The molecule has 1 aromatic heterocycles. The van der Waals surface area contributed by atoms with E-state index in [2.05, 4.69) is 10.3 Å². The van der Waals surface area contributed by atoms with Crippen molar-refractivity contribution in [2.24, 2.45) is 0 Å². The van der Waals surface area contributed by atoms with Crippen molar-refractivity contribution in [1.82, 2.24) is 10.3 Å². The van der Waals surface area contributed by atoms with Crippen LogP contribution in [0.3, 0.4) is 0 Å². The first-order valence-electron chi connectivity index (χ1n) is 6.18. The van der Waals surface area contributed by atoms with Crippen LogP contribution in [0.5, 0.6) is 0 Å². The van der Waals surface area contributed by atoms with Gasteiger partial charge in [-0.25, -0.2) is 4.98 Å². The molecule has 0 radical (unpaired) electrons. The molecule has 18 heavy (non-hydrogen) atoms. The Bertz CT molecular complexity index is 397. The third-order valence-corrected chi connectivity index (χ3v) is 2.96. The second-order valence-electron chi connectivity index (χ2n) is 4.64. The highest BCUT2D eigenvalue weighted by atomic mass is 16.5. The van der Waals surface area contributed by atoms with Crippen LogP contribution in [0.15, 0.2) is 18.3 Å². The number of ether oxygens (including phenoxy) is 1. The number of nitrogens with one attached hydrogen (secondary N) is 1. The minimum Gasteiger partial charge on any atom is -0.368 e. The second kappa shape index (κ2) is 5.82. The Balaban J connectivity index is 1.84. The quantitative estimate of drug-likeness (QED) is 0.863. The number of carbonyl (C=O) groups excluding carboxylic acids is 1. The van der Waals surface area contributed by atoms with Crippen molar-refractivity contribution in [3.05, 3.63) is 23.9 Å². The molecule has 1 aliphatic rings. The van der Waals surface area contributed by atoms with Gasteiger partial charge in [-0.05, 0) is 24.5 Å². The van der Waals surface area contributed by atoms with E-state index in [1.165, 1.54) is 0 Å². The molecule has 0 aromatic carbocycles. The average molecular weight is 249 g/mol. The van der Waals surface area contributed by atoms with Crippen LogP contribution in [0.2, 0.25) is 0 Å². The summed E-state index contributed by atoms with van der Waals surface area (Å²) in [6.07, 6.45) is 3.31. The first-order valence-corrected chi connectivity index (χ1v) is 6.18. The third-order valence-electron chi connectivity index (χ3n) is 2.96. The Hall–Kier alpha value is -1.62. The number of pyridine rings is 1. The molecule has 0 aliphatic carbocycles. The van der Waals surface area contributed by atoms with Gasteiger partial charge in [0.2, 0.25) is 5.91 Å². The summed E-state index contributed by atoms with van der Waals surface area (Å²) in [5.41, 5.74) is 0.993. The van der Waals surface area contributed by atoms with E-state index in [1.807, 2.05) is 31.1 Å². The minimum atomic E-state index is -0.265. The van der Waals surface area contributed by atoms with E-state index in [1.54, 1.807) is 6.20 Å². The number of aromatic nitrogens is 1. The molecular weight excluding hydrogens is 230 g/mol. The van der Waals surface area contributed by atoms with Gasteiger partial charge < -0.3 is 15.0 Å². The van der Waals surface area contributed by atoms with Gasteiger partial charge in [-0.1, -0.05) is 6.07 Å². The summed E-state index contributed by atoms with van der Waals surface area (Å²) in [5.74, 6) is 0.883. The number of carbonyl (C=O) groups is 1. The van der Waals surface area contributed by atoms with Crippen molar-refractivity contribution in [2.75, 3.05) is 25.6 Å². The summed E-state index contributed by atoms with van der Waals surface area (Å²) >= 11 is 0. The van der Waals surface area contributed by atoms with Crippen LogP contribution in [0.1, 0.15) is 18.4 Å². The van der Waals surface area contributed by atoms with Crippen LogP contribution in [0.25, 0.3) is 0 Å². The number of anilines is 1. The van der Waals surface area contributed by atoms with Gasteiger partial charge >= 0.3 is 0 Å². The van der Waals surface area contributed by atoms with Crippen molar-refractivity contribution in [3.8, 4) is 0 Å². The molecule has 0 saturated carbocycles. The van der Waals surface area contributed by atoms with Crippen LogP contribution in [-0.2, 0) is 16.1 Å². The van der Waals surface area contributed by atoms with Gasteiger partial charge in [0.15, 0.2) is 0 Å². The standard InChI is InChI=1S/C13H19N3O2/c1-16(2)12-6-5-10(8-14-12)9-15-13(17)11-4-3-7-18-11/h5-6,8,11H,3-4,7,9H2,1-2H3,(H,15,17)/t11-/m1/s1. The monoisotopic (exact) mass is 249 g/mol. The normalized spacial score (nSPS) is 18.7. The lowest BCUT2D eigenvalue weighted by Crippen LogP contribution is -2.33. The van der Waals surface area contributed by atoms with E-state index in [0.29, 0.717) is 13.2 Å². The van der Waals surface area contributed by atoms with Crippen molar-refractivity contribution in [2.45, 2.75) is 25.5 Å². The van der Waals surface area contributed by atoms with Crippen LogP contribution < -0.4 is 10.2 Å². The summed E-state index contributed by atoms with van der Waals surface area (Å²) in [6.45, 7) is 1.19. The Morgan fingerprint density at radius 3 is 2.94 bits per heavy atom. The van der Waals surface area contributed by atoms with Gasteiger partial charge in [-0.2, -0.15) is 0 Å². The molecule has 5 heteroatoms. The highest BCUT2D eigenvalue weighted by Crippen LogP contribution is 2.12. The molecular formula is C13H19N3O2. The fourth-order valence-electron chi connectivity index (χ4n) is 1.87. The third kappa shape index (κ3) is 3.20. The van der Waals surface area contributed by atoms with Gasteiger partial charge in [0, 0.05) is 33.4 Å². The number of hydrogen-bond acceptors (Lipinski definition) is 4. The van der Waals surface area contributed by atoms with E-state index >= 15 is 0 Å². The number of nitrogens with zero attached hydrogens (tertiary/aromatic N) is 2. The maximum atomic E-state index is 11.7. The first kappa shape index (κ1) is 12.8. The molecule has 1 N–H and O–H groups in total. The van der Waals surface area contributed by atoms with Crippen molar-refractivity contribution in [3.63, 3.8) is 0 Å². The maximum absolute atomic E-state index is 11.7. The molecule has 2 rings (SSSR count). The lowest BCUT2D eigenvalue weighted by Gasteiger charge is -2.12. The Kier molecular flexibility index (Phi) is 4.15. The minimum absolute atomic E-state index is 0.0239. The molecule has 1 atom stereocenters. The van der Waals surface area contributed by atoms with E-state index in [-0.39, 0.29) is 12.0 Å². The maximum Gasteiger partial charge on any atom is 0.249 e. The molecule has 1 saturated heterocycles. The summed E-state index contributed by atoms with van der Waals surface area (Å²) in [5, 5.41) is 2.87. The zero-order valence-corrected chi connectivity index (χ0v) is 10.8. The SMILES string of the molecule is CN(C)c1ccc(CNC(=O)[C@H]2CCCO2)cn1. The van der Waals surface area contributed by atoms with Crippen molar-refractivity contribution >= 4 is 11.7 Å². The number of amides is 1. The van der Waals surface area contributed by atoms with Gasteiger partial charge in [-0.15, -0.1) is 0 Å². The summed E-state index contributed by atoms with van der Waals surface area (Å²) < 4.78 is 5.32. The van der Waals surface area contributed by atoms with Gasteiger partial charge in [0.25, 0.3) is 0 Å². The Morgan fingerprint density at radius 1 is 1.56 bits per heavy atom. The molecule has 1 amide bonds. The summed E-state index contributed by atoms with van der Waals surface area (Å²) in [7, 11) is 3.89. The molecule has 0 spiro atoms. The molecule has 1 fully saturated rings. The highest BCUT2D eigenvalue weighted by Gasteiger charge is 2.22. The smallest absolute Gasteiger partial charge is 0.249 e. The number of rotatable bonds is 4. The van der Waals surface area contributed by atoms with Crippen LogP contribution >= 0.6 is 0 Å². The average Bonchev–Trinajstić information content (AvgIpc) is 2.90. The zero-order chi connectivity index (χ0) is 13.0. The Labute approximate surface area is 107 Å². The van der Waals surface area contributed by atoms with E-state index < -0.39 is 0 Å². The zero-order valence-electron chi connectivity index (χ0n) is 10.8. The fourth-order valence-corrected chi connectivity index (χ4v) is 1.87.